The summed E-state index contributed by atoms with van der Waals surface area (Å²) >= 11 is 0. The Morgan fingerprint density at radius 1 is 1.08 bits per heavy atom. The largest absolute Gasteiger partial charge is 0.490 e. The van der Waals surface area contributed by atoms with Gasteiger partial charge in [0, 0.05) is 17.1 Å². The number of fused-ring (bicyclic) bond motifs is 1. The van der Waals surface area contributed by atoms with E-state index in [4.69, 9.17) is 9.47 Å². The van der Waals surface area contributed by atoms with Crippen molar-refractivity contribution in [3.8, 4) is 11.5 Å². The van der Waals surface area contributed by atoms with Crippen LogP contribution < -0.4 is 14.8 Å². The molecule has 6 nitrogen and oxygen atoms in total. The summed E-state index contributed by atoms with van der Waals surface area (Å²) in [6.07, 6.45) is 0. The van der Waals surface area contributed by atoms with Crippen molar-refractivity contribution in [3.63, 3.8) is 0 Å². The van der Waals surface area contributed by atoms with Crippen LogP contribution in [0.2, 0.25) is 0 Å². The number of para-hydroxylation sites is 1. The Hall–Kier alpha value is -3.02. The van der Waals surface area contributed by atoms with Gasteiger partial charge in [0.05, 0.1) is 18.7 Å². The summed E-state index contributed by atoms with van der Waals surface area (Å²) in [4.78, 5) is 12.5. The van der Waals surface area contributed by atoms with Gasteiger partial charge in [-0.2, -0.15) is 5.10 Å². The first-order chi connectivity index (χ1) is 11.7. The molecule has 1 amide bonds. The minimum Gasteiger partial charge on any atom is -0.490 e. The third-order valence-electron chi connectivity index (χ3n) is 3.49. The zero-order chi connectivity index (χ0) is 16.9. The van der Waals surface area contributed by atoms with E-state index in [-0.39, 0.29) is 5.91 Å². The van der Waals surface area contributed by atoms with E-state index in [1.807, 2.05) is 38.1 Å². The molecule has 2 aromatic carbocycles. The third-order valence-corrected chi connectivity index (χ3v) is 3.49. The predicted octanol–water partition coefficient (Wildman–Crippen LogP) is 3.61. The highest BCUT2D eigenvalue weighted by Crippen LogP contribution is 2.31. The summed E-state index contributed by atoms with van der Waals surface area (Å²) in [5.41, 5.74) is 1.81. The fraction of sp³-hybridized carbons (Fsp3) is 0.222. The third kappa shape index (κ3) is 3.17. The Labute approximate surface area is 139 Å². The number of hydrogen-bond acceptors (Lipinski definition) is 4. The van der Waals surface area contributed by atoms with Gasteiger partial charge in [-0.15, -0.1) is 0 Å². The van der Waals surface area contributed by atoms with Crippen LogP contribution in [0.1, 0.15) is 24.3 Å². The van der Waals surface area contributed by atoms with Gasteiger partial charge in [-0.25, -0.2) is 0 Å². The van der Waals surface area contributed by atoms with Crippen molar-refractivity contribution in [2.75, 3.05) is 18.5 Å². The van der Waals surface area contributed by atoms with E-state index in [0.29, 0.717) is 36.1 Å². The summed E-state index contributed by atoms with van der Waals surface area (Å²) in [7, 11) is 0. The van der Waals surface area contributed by atoms with Crippen LogP contribution in [0, 0.1) is 0 Å². The topological polar surface area (TPSA) is 76.2 Å². The molecule has 0 aliphatic carbocycles. The number of ether oxygens (including phenoxy) is 2. The number of carbonyl (C=O) groups is 1. The van der Waals surface area contributed by atoms with E-state index in [0.717, 1.165) is 10.9 Å². The smallest absolute Gasteiger partial charge is 0.276 e. The van der Waals surface area contributed by atoms with Crippen LogP contribution in [-0.4, -0.2) is 29.3 Å². The molecule has 0 saturated heterocycles. The number of anilines is 1. The first-order valence-electron chi connectivity index (χ1n) is 7.87. The molecular weight excluding hydrogens is 306 g/mol. The minimum absolute atomic E-state index is 0.279. The highest BCUT2D eigenvalue weighted by Gasteiger charge is 2.15. The van der Waals surface area contributed by atoms with Gasteiger partial charge in [0.15, 0.2) is 17.2 Å². The van der Waals surface area contributed by atoms with E-state index in [2.05, 4.69) is 15.5 Å². The number of aromatic nitrogens is 2. The van der Waals surface area contributed by atoms with Gasteiger partial charge in [0.2, 0.25) is 0 Å². The molecule has 0 aliphatic rings. The van der Waals surface area contributed by atoms with Crippen molar-refractivity contribution in [3.05, 3.63) is 48.2 Å². The quantitative estimate of drug-likeness (QED) is 0.726. The molecule has 0 radical (unpaired) electrons. The van der Waals surface area contributed by atoms with Crippen molar-refractivity contribution in [2.24, 2.45) is 0 Å². The Morgan fingerprint density at radius 3 is 2.62 bits per heavy atom. The maximum Gasteiger partial charge on any atom is 0.276 e. The first-order valence-corrected chi connectivity index (χ1v) is 7.87. The second-order valence-corrected chi connectivity index (χ2v) is 5.10. The van der Waals surface area contributed by atoms with Crippen molar-refractivity contribution in [1.82, 2.24) is 10.2 Å². The molecule has 0 spiro atoms. The van der Waals surface area contributed by atoms with Crippen LogP contribution in [0.25, 0.3) is 10.9 Å². The molecule has 3 rings (SSSR count). The predicted molar refractivity (Wildman–Crippen MR) is 92.8 cm³/mol. The van der Waals surface area contributed by atoms with Crippen molar-refractivity contribution < 1.29 is 14.3 Å². The molecule has 0 atom stereocenters. The number of benzene rings is 2. The second kappa shape index (κ2) is 7.04. The summed E-state index contributed by atoms with van der Waals surface area (Å²) in [5, 5.41) is 10.6. The molecule has 0 aliphatic heterocycles. The highest BCUT2D eigenvalue weighted by molar-refractivity contribution is 6.11. The zero-order valence-corrected chi connectivity index (χ0v) is 13.6. The SMILES string of the molecule is CCOc1ccc(NC(=O)c2n[nH]c3ccccc23)cc1OCC. The van der Waals surface area contributed by atoms with Gasteiger partial charge < -0.3 is 14.8 Å². The van der Waals surface area contributed by atoms with E-state index < -0.39 is 0 Å². The van der Waals surface area contributed by atoms with E-state index >= 15 is 0 Å². The molecular formula is C18H19N3O3. The van der Waals surface area contributed by atoms with Crippen molar-refractivity contribution in [1.29, 1.82) is 0 Å². The Kier molecular flexibility index (Phi) is 4.65. The van der Waals surface area contributed by atoms with Crippen LogP contribution in [0.4, 0.5) is 5.69 Å². The number of hydrogen-bond donors (Lipinski definition) is 2. The number of aromatic amines is 1. The maximum atomic E-state index is 12.5. The lowest BCUT2D eigenvalue weighted by atomic mass is 10.2. The molecule has 1 aromatic heterocycles. The van der Waals surface area contributed by atoms with Crippen molar-refractivity contribution in [2.45, 2.75) is 13.8 Å². The Balaban J connectivity index is 1.85. The van der Waals surface area contributed by atoms with Crippen LogP contribution in [0.3, 0.4) is 0 Å². The van der Waals surface area contributed by atoms with Gasteiger partial charge in [-0.3, -0.25) is 9.89 Å². The number of amides is 1. The molecule has 3 aromatic rings. The first kappa shape index (κ1) is 15.9. The van der Waals surface area contributed by atoms with Gasteiger partial charge in [-0.1, -0.05) is 18.2 Å². The molecule has 1 heterocycles. The maximum absolute atomic E-state index is 12.5. The van der Waals surface area contributed by atoms with Gasteiger partial charge >= 0.3 is 0 Å². The molecule has 6 heteroatoms. The normalized spacial score (nSPS) is 10.6. The number of H-pyrrole nitrogens is 1. The van der Waals surface area contributed by atoms with Crippen LogP contribution in [0.5, 0.6) is 11.5 Å². The van der Waals surface area contributed by atoms with Crippen LogP contribution in [-0.2, 0) is 0 Å². The molecule has 0 fully saturated rings. The lowest BCUT2D eigenvalue weighted by Gasteiger charge is -2.12. The minimum atomic E-state index is -0.279. The summed E-state index contributed by atoms with van der Waals surface area (Å²) in [5.74, 6) is 0.977. The number of carbonyl (C=O) groups excluding carboxylic acids is 1. The average Bonchev–Trinajstić information content (AvgIpc) is 3.02. The monoisotopic (exact) mass is 325 g/mol. The van der Waals surface area contributed by atoms with E-state index in [1.54, 1.807) is 18.2 Å². The van der Waals surface area contributed by atoms with Gasteiger partial charge in [0.25, 0.3) is 5.91 Å². The van der Waals surface area contributed by atoms with Gasteiger partial charge in [-0.05, 0) is 32.0 Å². The highest BCUT2D eigenvalue weighted by atomic mass is 16.5. The molecule has 124 valence electrons. The lowest BCUT2D eigenvalue weighted by Crippen LogP contribution is -2.13. The lowest BCUT2D eigenvalue weighted by molar-refractivity contribution is 0.102. The molecule has 0 bridgehead atoms. The van der Waals surface area contributed by atoms with Crippen LogP contribution >= 0.6 is 0 Å². The van der Waals surface area contributed by atoms with Crippen molar-refractivity contribution >= 4 is 22.5 Å². The standard InChI is InChI=1S/C18H19N3O3/c1-3-23-15-10-9-12(11-16(15)24-4-2)19-18(22)17-13-7-5-6-8-14(13)20-21-17/h5-11H,3-4H2,1-2H3,(H,19,22)(H,20,21). The van der Waals surface area contributed by atoms with E-state index in [1.165, 1.54) is 0 Å². The average molecular weight is 325 g/mol. The summed E-state index contributed by atoms with van der Waals surface area (Å²) in [6, 6.07) is 12.8. The van der Waals surface area contributed by atoms with Gasteiger partial charge in [0.1, 0.15) is 0 Å². The Morgan fingerprint density at radius 2 is 1.83 bits per heavy atom. The van der Waals surface area contributed by atoms with E-state index in [9.17, 15) is 4.79 Å². The fourth-order valence-electron chi connectivity index (χ4n) is 2.46. The van der Waals surface area contributed by atoms with Crippen LogP contribution in [0.15, 0.2) is 42.5 Å². The zero-order valence-electron chi connectivity index (χ0n) is 13.6. The number of rotatable bonds is 6. The summed E-state index contributed by atoms with van der Waals surface area (Å²) in [6.45, 7) is 4.87. The number of nitrogens with zero attached hydrogens (tertiary/aromatic N) is 1. The fourth-order valence-corrected chi connectivity index (χ4v) is 2.46. The molecule has 0 unspecified atom stereocenters. The summed E-state index contributed by atoms with van der Waals surface area (Å²) < 4.78 is 11.1. The number of nitrogens with one attached hydrogen (secondary N) is 2. The molecule has 24 heavy (non-hydrogen) atoms. The molecule has 2 N–H and O–H groups in total. The Bertz CT molecular complexity index is 858. The molecule has 0 saturated carbocycles. The second-order valence-electron chi connectivity index (χ2n) is 5.10.